The predicted octanol–water partition coefficient (Wildman–Crippen LogP) is 12.4. The zero-order valence-electron chi connectivity index (χ0n) is 26.7. The Morgan fingerprint density at radius 1 is 0.500 bits per heavy atom. The minimum Gasteiger partial charge on any atom is -0.0654 e. The van der Waals surface area contributed by atoms with Crippen LogP contribution in [0, 0.1) is 58.7 Å². The lowest BCUT2D eigenvalue weighted by Crippen LogP contribution is -2.26. The fraction of sp³-hybridized carbons (Fsp3) is 1.00. The first-order valence-corrected chi connectivity index (χ1v) is 17.1. The highest BCUT2D eigenvalue weighted by Crippen LogP contribution is 2.68. The number of unbranched alkanes of at least 4 members (excludes halogenated alkanes) is 9. The summed E-state index contributed by atoms with van der Waals surface area (Å²) in [4.78, 5) is 0. The lowest BCUT2D eigenvalue weighted by molar-refractivity contribution is 0.147. The third kappa shape index (κ3) is 9.63. The molecule has 0 aliphatic heterocycles. The molecule has 2 aliphatic carbocycles. The molecule has 2 rings (SSSR count). The maximum atomic E-state index is 2.62. The molecule has 0 saturated heterocycles. The molecule has 1 spiro atoms. The van der Waals surface area contributed by atoms with E-state index in [0.29, 0.717) is 5.41 Å². The highest BCUT2D eigenvalue weighted by atomic mass is 14.7. The van der Waals surface area contributed by atoms with Crippen molar-refractivity contribution in [3.8, 4) is 0 Å². The van der Waals surface area contributed by atoms with E-state index in [1.165, 1.54) is 109 Å². The highest BCUT2D eigenvalue weighted by molar-refractivity contribution is 5.09. The molecule has 0 heterocycles. The van der Waals surface area contributed by atoms with Crippen LogP contribution in [0.15, 0.2) is 0 Å². The summed E-state index contributed by atoms with van der Waals surface area (Å²) in [6.07, 6.45) is 25.0. The first-order chi connectivity index (χ1) is 17.1. The van der Waals surface area contributed by atoms with Crippen LogP contribution in [0.1, 0.15) is 171 Å². The smallest absolute Gasteiger partial charge is 0.0212 e. The van der Waals surface area contributed by atoms with Crippen molar-refractivity contribution in [1.29, 1.82) is 0 Å². The van der Waals surface area contributed by atoms with E-state index in [2.05, 4.69) is 62.3 Å². The molecule has 2 aliphatic rings. The quantitative estimate of drug-likeness (QED) is 0.246. The molecule has 9 atom stereocenters. The fourth-order valence-electron chi connectivity index (χ4n) is 8.76. The van der Waals surface area contributed by atoms with Crippen molar-refractivity contribution in [2.24, 2.45) is 58.7 Å². The van der Waals surface area contributed by atoms with Crippen molar-refractivity contribution < 1.29 is 0 Å². The summed E-state index contributed by atoms with van der Waals surface area (Å²) in [5.41, 5.74) is 0.662. The van der Waals surface area contributed by atoms with Crippen LogP contribution in [-0.4, -0.2) is 0 Å². The Labute approximate surface area is 230 Å². The molecule has 0 aromatic carbocycles. The largest absolute Gasteiger partial charge is 0.0654 e. The van der Waals surface area contributed by atoms with Gasteiger partial charge >= 0.3 is 0 Å². The van der Waals surface area contributed by atoms with E-state index >= 15 is 0 Å². The molecule has 0 N–H and O–H groups in total. The van der Waals surface area contributed by atoms with Crippen LogP contribution in [0.2, 0.25) is 0 Å². The molecule has 0 radical (unpaired) electrons. The van der Waals surface area contributed by atoms with Gasteiger partial charge in [0, 0.05) is 0 Å². The highest BCUT2D eigenvalue weighted by Gasteiger charge is 2.61. The standard InChI is InChI=1S/C36H70/c1-10-11-12-13-14-15-16-17-18-19-20-35-25-28(3)24-30(5)32(7)26-31(6)29(4)23-27(2)21-22-36(35)33(8)34(36)9/h27-35H,10-26H2,1-9H3. The molecule has 9 unspecified atom stereocenters. The van der Waals surface area contributed by atoms with Crippen molar-refractivity contribution in [3.05, 3.63) is 0 Å². The van der Waals surface area contributed by atoms with Gasteiger partial charge in [0.25, 0.3) is 0 Å². The molecule has 36 heavy (non-hydrogen) atoms. The van der Waals surface area contributed by atoms with Gasteiger partial charge in [0.05, 0.1) is 0 Å². The van der Waals surface area contributed by atoms with Crippen molar-refractivity contribution in [2.75, 3.05) is 0 Å². The lowest BCUT2D eigenvalue weighted by atomic mass is 9.70. The van der Waals surface area contributed by atoms with Crippen molar-refractivity contribution in [3.63, 3.8) is 0 Å². The van der Waals surface area contributed by atoms with Gasteiger partial charge in [0.1, 0.15) is 0 Å². The predicted molar refractivity (Wildman–Crippen MR) is 163 cm³/mol. The van der Waals surface area contributed by atoms with E-state index < -0.39 is 0 Å². The van der Waals surface area contributed by atoms with Crippen LogP contribution < -0.4 is 0 Å². The minimum atomic E-state index is 0.662. The topological polar surface area (TPSA) is 0 Å². The van der Waals surface area contributed by atoms with Crippen LogP contribution in [0.4, 0.5) is 0 Å². The molecule has 0 amide bonds. The molecule has 0 nitrogen and oxygen atoms in total. The van der Waals surface area contributed by atoms with Gasteiger partial charge < -0.3 is 0 Å². The summed E-state index contributed by atoms with van der Waals surface area (Å²) >= 11 is 0. The monoisotopic (exact) mass is 503 g/mol. The molecule has 2 saturated carbocycles. The Bertz CT molecular complexity index is 554. The molecule has 0 aromatic rings. The second kappa shape index (κ2) is 16.2. The van der Waals surface area contributed by atoms with E-state index in [-0.39, 0.29) is 0 Å². The van der Waals surface area contributed by atoms with Crippen LogP contribution >= 0.6 is 0 Å². The van der Waals surface area contributed by atoms with Gasteiger partial charge in [0.15, 0.2) is 0 Å². The summed E-state index contributed by atoms with van der Waals surface area (Å²) < 4.78 is 0. The van der Waals surface area contributed by atoms with Crippen molar-refractivity contribution in [1.82, 2.24) is 0 Å². The van der Waals surface area contributed by atoms with Gasteiger partial charge in [-0.25, -0.2) is 0 Å². The number of rotatable bonds is 11. The number of hydrogen-bond acceptors (Lipinski definition) is 0. The first kappa shape index (κ1) is 32.2. The molecule has 2 fully saturated rings. The van der Waals surface area contributed by atoms with Crippen LogP contribution in [0.5, 0.6) is 0 Å². The van der Waals surface area contributed by atoms with E-state index in [1.807, 2.05) is 0 Å². The molecule has 0 bridgehead atoms. The Kier molecular flexibility index (Phi) is 14.5. The van der Waals surface area contributed by atoms with E-state index in [9.17, 15) is 0 Å². The van der Waals surface area contributed by atoms with Crippen LogP contribution in [0.3, 0.4) is 0 Å². The normalized spacial score (nSPS) is 40.8. The van der Waals surface area contributed by atoms with Gasteiger partial charge in [-0.2, -0.15) is 0 Å². The van der Waals surface area contributed by atoms with Crippen LogP contribution in [-0.2, 0) is 0 Å². The van der Waals surface area contributed by atoms with Crippen LogP contribution in [0.25, 0.3) is 0 Å². The Hall–Kier alpha value is 0. The fourth-order valence-corrected chi connectivity index (χ4v) is 8.76. The van der Waals surface area contributed by atoms with Gasteiger partial charge in [0.2, 0.25) is 0 Å². The molecule has 0 aromatic heterocycles. The second-order valence-corrected chi connectivity index (χ2v) is 15.0. The summed E-state index contributed by atoms with van der Waals surface area (Å²) in [6.45, 7) is 23.0. The molecular formula is C36H70. The van der Waals surface area contributed by atoms with E-state index in [4.69, 9.17) is 0 Å². The molecular weight excluding hydrogens is 432 g/mol. The summed E-state index contributed by atoms with van der Waals surface area (Å²) in [7, 11) is 0. The SMILES string of the molecule is CCCCCCCCCCCCC1CC(C)CC(C)C(C)CC(C)C(C)CC(C)CCC12C(C)C2C. The Balaban J connectivity index is 1.97. The van der Waals surface area contributed by atoms with Gasteiger partial charge in [-0.1, -0.05) is 133 Å². The minimum absolute atomic E-state index is 0.662. The van der Waals surface area contributed by atoms with Gasteiger partial charge in [-0.3, -0.25) is 0 Å². The van der Waals surface area contributed by atoms with E-state index in [1.54, 1.807) is 0 Å². The van der Waals surface area contributed by atoms with Crippen molar-refractivity contribution in [2.45, 2.75) is 171 Å². The van der Waals surface area contributed by atoms with E-state index in [0.717, 1.165) is 53.3 Å². The first-order valence-electron chi connectivity index (χ1n) is 17.1. The zero-order valence-corrected chi connectivity index (χ0v) is 26.7. The third-order valence-corrected chi connectivity index (χ3v) is 12.0. The lowest BCUT2D eigenvalue weighted by Gasteiger charge is -2.35. The summed E-state index contributed by atoms with van der Waals surface area (Å²) in [6, 6.07) is 0. The van der Waals surface area contributed by atoms with Gasteiger partial charge in [-0.05, 0) is 97.2 Å². The maximum Gasteiger partial charge on any atom is -0.0212 e. The Morgan fingerprint density at radius 3 is 1.44 bits per heavy atom. The summed E-state index contributed by atoms with van der Waals surface area (Å²) in [5.74, 6) is 8.15. The number of hydrogen-bond donors (Lipinski definition) is 0. The zero-order chi connectivity index (χ0) is 26.7. The van der Waals surface area contributed by atoms with Gasteiger partial charge in [-0.15, -0.1) is 0 Å². The Morgan fingerprint density at radius 2 is 0.944 bits per heavy atom. The third-order valence-electron chi connectivity index (χ3n) is 12.0. The summed E-state index contributed by atoms with van der Waals surface area (Å²) in [5, 5.41) is 0. The molecule has 0 heteroatoms. The molecule has 214 valence electrons. The second-order valence-electron chi connectivity index (χ2n) is 15.0. The van der Waals surface area contributed by atoms with Crippen molar-refractivity contribution >= 4 is 0 Å². The average molecular weight is 503 g/mol. The average Bonchev–Trinajstić information content (AvgIpc) is 3.36. The maximum absolute atomic E-state index is 2.62.